The zero-order valence-electron chi connectivity index (χ0n) is 19.3. The van der Waals surface area contributed by atoms with Crippen molar-refractivity contribution in [2.75, 3.05) is 26.4 Å². The van der Waals surface area contributed by atoms with Crippen molar-refractivity contribution < 1.29 is 23.8 Å². The van der Waals surface area contributed by atoms with E-state index in [1.165, 1.54) is 4.90 Å². The maximum Gasteiger partial charge on any atom is 0.293 e. The van der Waals surface area contributed by atoms with E-state index < -0.39 is 0 Å². The van der Waals surface area contributed by atoms with Crippen LogP contribution in [0.2, 0.25) is 0 Å². The van der Waals surface area contributed by atoms with Crippen LogP contribution in [-0.4, -0.2) is 42.4 Å². The topological polar surface area (TPSA) is 65.1 Å². The zero-order chi connectivity index (χ0) is 23.8. The Balaban J connectivity index is 1.77. The summed E-state index contributed by atoms with van der Waals surface area (Å²) in [6.07, 6.45) is 4.10. The lowest BCUT2D eigenvalue weighted by molar-refractivity contribution is -0.123. The summed E-state index contributed by atoms with van der Waals surface area (Å²) in [7, 11) is 0. The molecular weight excluding hydrogens is 438 g/mol. The molecule has 1 fully saturated rings. The second-order valence-electron chi connectivity index (χ2n) is 7.36. The van der Waals surface area contributed by atoms with Gasteiger partial charge >= 0.3 is 0 Å². The number of ether oxygens (including phenoxy) is 3. The molecule has 1 saturated heterocycles. The molecule has 174 valence electrons. The summed E-state index contributed by atoms with van der Waals surface area (Å²) >= 11 is 0.929. The molecule has 0 aromatic heterocycles. The fraction of sp³-hybridized carbons (Fsp3) is 0.308. The first-order valence-corrected chi connectivity index (χ1v) is 11.8. The SMILES string of the molecule is C=CCc1cc(/C=C2\SC(=O)N(CCOc3cccc(C)c3)C2=O)cc(OCC)c1OCC. The van der Waals surface area contributed by atoms with E-state index in [1.807, 2.05) is 57.2 Å². The molecule has 0 radical (unpaired) electrons. The van der Waals surface area contributed by atoms with Crippen LogP contribution in [0, 0.1) is 6.92 Å². The van der Waals surface area contributed by atoms with Gasteiger partial charge in [0.05, 0.1) is 24.7 Å². The van der Waals surface area contributed by atoms with Crippen molar-refractivity contribution in [1.29, 1.82) is 0 Å². The van der Waals surface area contributed by atoms with Gasteiger partial charge in [0.2, 0.25) is 0 Å². The van der Waals surface area contributed by atoms with Crippen molar-refractivity contribution in [2.24, 2.45) is 0 Å². The van der Waals surface area contributed by atoms with Crippen LogP contribution in [0.1, 0.15) is 30.5 Å². The van der Waals surface area contributed by atoms with Crippen LogP contribution < -0.4 is 14.2 Å². The Kier molecular flexibility index (Phi) is 8.60. The Labute approximate surface area is 199 Å². The van der Waals surface area contributed by atoms with Crippen molar-refractivity contribution in [2.45, 2.75) is 27.2 Å². The standard InChI is InChI=1S/C26H29NO5S/c1-5-9-20-15-19(16-22(30-6-2)24(20)31-7-3)17-23-25(28)27(26(29)33-23)12-13-32-21-11-8-10-18(4)14-21/h5,8,10-11,14-17H,1,6-7,9,12-13H2,2-4H3/b23-17-. The lowest BCUT2D eigenvalue weighted by Crippen LogP contribution is -2.32. The predicted octanol–water partition coefficient (Wildman–Crippen LogP) is 5.64. The summed E-state index contributed by atoms with van der Waals surface area (Å²) in [6.45, 7) is 11.0. The van der Waals surface area contributed by atoms with Crippen LogP contribution in [-0.2, 0) is 11.2 Å². The van der Waals surface area contributed by atoms with Crippen LogP contribution in [0.3, 0.4) is 0 Å². The minimum Gasteiger partial charge on any atom is -0.492 e. The van der Waals surface area contributed by atoms with Crippen molar-refractivity contribution in [1.82, 2.24) is 4.90 Å². The average Bonchev–Trinajstić information content (AvgIpc) is 3.04. The molecule has 0 atom stereocenters. The van der Waals surface area contributed by atoms with Gasteiger partial charge in [0.25, 0.3) is 11.1 Å². The summed E-state index contributed by atoms with van der Waals surface area (Å²) in [5.74, 6) is 1.67. The third kappa shape index (κ3) is 6.20. The number of hydrogen-bond acceptors (Lipinski definition) is 6. The molecule has 2 amide bonds. The highest BCUT2D eigenvalue weighted by atomic mass is 32.2. The van der Waals surface area contributed by atoms with Gasteiger partial charge < -0.3 is 14.2 Å². The molecule has 0 saturated carbocycles. The first-order chi connectivity index (χ1) is 16.0. The van der Waals surface area contributed by atoms with Crippen LogP contribution in [0.25, 0.3) is 6.08 Å². The fourth-order valence-corrected chi connectivity index (χ4v) is 4.31. The van der Waals surface area contributed by atoms with Gasteiger partial charge in [-0.15, -0.1) is 6.58 Å². The second kappa shape index (κ2) is 11.6. The minimum absolute atomic E-state index is 0.186. The first kappa shape index (κ1) is 24.5. The van der Waals surface area contributed by atoms with Crippen molar-refractivity contribution >= 4 is 29.0 Å². The highest BCUT2D eigenvalue weighted by molar-refractivity contribution is 8.18. The third-order valence-electron chi connectivity index (χ3n) is 4.85. The Morgan fingerprint density at radius 1 is 1.06 bits per heavy atom. The molecule has 0 unspecified atom stereocenters. The van der Waals surface area contributed by atoms with Gasteiger partial charge in [0, 0.05) is 5.56 Å². The van der Waals surface area contributed by atoms with Crippen LogP contribution in [0.4, 0.5) is 4.79 Å². The van der Waals surface area contributed by atoms with Gasteiger partial charge in [-0.1, -0.05) is 18.2 Å². The number of rotatable bonds is 11. The van der Waals surface area contributed by atoms with E-state index in [9.17, 15) is 9.59 Å². The molecule has 0 N–H and O–H groups in total. The monoisotopic (exact) mass is 467 g/mol. The van der Waals surface area contributed by atoms with Gasteiger partial charge in [-0.05, 0) is 80.4 Å². The number of carbonyl (C=O) groups excluding carboxylic acids is 2. The number of carbonyl (C=O) groups is 2. The molecule has 1 heterocycles. The number of nitrogens with zero attached hydrogens (tertiary/aromatic N) is 1. The molecular formula is C26H29NO5S. The van der Waals surface area contributed by atoms with E-state index in [1.54, 1.807) is 12.2 Å². The summed E-state index contributed by atoms with van der Waals surface area (Å²) in [4.78, 5) is 27.0. The summed E-state index contributed by atoms with van der Waals surface area (Å²) in [6, 6.07) is 11.4. The third-order valence-corrected chi connectivity index (χ3v) is 5.76. The van der Waals surface area contributed by atoms with Crippen molar-refractivity contribution in [3.05, 3.63) is 70.6 Å². The van der Waals surface area contributed by atoms with E-state index in [4.69, 9.17) is 14.2 Å². The van der Waals surface area contributed by atoms with Crippen LogP contribution >= 0.6 is 11.8 Å². The minimum atomic E-state index is -0.324. The molecule has 3 rings (SSSR count). The van der Waals surface area contributed by atoms with E-state index in [0.717, 1.165) is 28.5 Å². The lowest BCUT2D eigenvalue weighted by atomic mass is 10.0. The largest absolute Gasteiger partial charge is 0.492 e. The Hall–Kier alpha value is -3.19. The molecule has 1 aliphatic rings. The number of amides is 2. The number of allylic oxidation sites excluding steroid dienone is 1. The number of thioether (sulfide) groups is 1. The maximum atomic E-state index is 12.9. The van der Waals surface area contributed by atoms with Crippen LogP contribution in [0.5, 0.6) is 17.2 Å². The van der Waals surface area contributed by atoms with Gasteiger partial charge in [0.15, 0.2) is 11.5 Å². The van der Waals surface area contributed by atoms with E-state index in [2.05, 4.69) is 6.58 Å². The van der Waals surface area contributed by atoms with Gasteiger partial charge in [-0.25, -0.2) is 0 Å². The highest BCUT2D eigenvalue weighted by Crippen LogP contribution is 2.37. The Bertz CT molecular complexity index is 1060. The number of hydrogen-bond donors (Lipinski definition) is 0. The highest BCUT2D eigenvalue weighted by Gasteiger charge is 2.35. The zero-order valence-corrected chi connectivity index (χ0v) is 20.1. The van der Waals surface area contributed by atoms with Gasteiger partial charge in [-0.3, -0.25) is 14.5 Å². The smallest absolute Gasteiger partial charge is 0.293 e. The molecule has 2 aromatic rings. The molecule has 33 heavy (non-hydrogen) atoms. The Morgan fingerprint density at radius 3 is 2.55 bits per heavy atom. The number of aryl methyl sites for hydroxylation is 1. The maximum absolute atomic E-state index is 12.9. The predicted molar refractivity (Wildman–Crippen MR) is 132 cm³/mol. The molecule has 7 heteroatoms. The Morgan fingerprint density at radius 2 is 1.85 bits per heavy atom. The summed E-state index contributed by atoms with van der Waals surface area (Å²) in [5.41, 5.74) is 2.76. The van der Waals surface area contributed by atoms with E-state index >= 15 is 0 Å². The lowest BCUT2D eigenvalue weighted by Gasteiger charge is -2.16. The van der Waals surface area contributed by atoms with Crippen LogP contribution in [0.15, 0.2) is 54.0 Å². The molecule has 0 spiro atoms. The van der Waals surface area contributed by atoms with Crippen molar-refractivity contribution in [3.8, 4) is 17.2 Å². The first-order valence-electron chi connectivity index (χ1n) is 10.9. The summed E-state index contributed by atoms with van der Waals surface area (Å²) in [5, 5.41) is -0.304. The molecule has 0 bridgehead atoms. The molecule has 0 aliphatic carbocycles. The quantitative estimate of drug-likeness (QED) is 0.315. The number of imide groups is 1. The molecule has 6 nitrogen and oxygen atoms in total. The fourth-order valence-electron chi connectivity index (χ4n) is 3.45. The molecule has 1 aliphatic heterocycles. The second-order valence-corrected chi connectivity index (χ2v) is 8.36. The summed E-state index contributed by atoms with van der Waals surface area (Å²) < 4.78 is 17.3. The van der Waals surface area contributed by atoms with E-state index in [0.29, 0.717) is 41.8 Å². The molecule has 2 aromatic carbocycles. The van der Waals surface area contributed by atoms with E-state index in [-0.39, 0.29) is 24.3 Å². The average molecular weight is 468 g/mol. The van der Waals surface area contributed by atoms with Gasteiger partial charge in [-0.2, -0.15) is 0 Å². The number of benzene rings is 2. The van der Waals surface area contributed by atoms with Crippen molar-refractivity contribution in [3.63, 3.8) is 0 Å². The normalized spacial score (nSPS) is 14.6. The van der Waals surface area contributed by atoms with Gasteiger partial charge in [0.1, 0.15) is 12.4 Å².